The van der Waals surface area contributed by atoms with Gasteiger partial charge in [-0.25, -0.2) is 14.8 Å². The summed E-state index contributed by atoms with van der Waals surface area (Å²) in [6.07, 6.45) is 0. The van der Waals surface area contributed by atoms with Gasteiger partial charge in [0.1, 0.15) is 5.82 Å². The van der Waals surface area contributed by atoms with Gasteiger partial charge >= 0.3 is 5.97 Å². The van der Waals surface area contributed by atoms with Crippen LogP contribution in [0.5, 0.6) is 0 Å². The van der Waals surface area contributed by atoms with E-state index < -0.39 is 11.9 Å². The van der Waals surface area contributed by atoms with Crippen LogP contribution < -0.4 is 10.4 Å². The van der Waals surface area contributed by atoms with Crippen LogP contribution in [0, 0.1) is 0 Å². The normalized spacial score (nSPS) is 10.4. The first kappa shape index (κ1) is 16.4. The molecule has 1 aromatic heterocycles. The van der Waals surface area contributed by atoms with Crippen LogP contribution in [-0.2, 0) is 4.74 Å². The highest BCUT2D eigenvalue weighted by molar-refractivity contribution is 5.95. The van der Waals surface area contributed by atoms with E-state index in [-0.39, 0.29) is 18.0 Å². The van der Waals surface area contributed by atoms with Gasteiger partial charge in [-0.2, -0.15) is 0 Å². The Labute approximate surface area is 143 Å². The van der Waals surface area contributed by atoms with Crippen molar-refractivity contribution in [1.82, 2.24) is 9.97 Å². The van der Waals surface area contributed by atoms with E-state index in [9.17, 15) is 14.7 Å². The molecule has 7 heteroatoms. The van der Waals surface area contributed by atoms with Gasteiger partial charge in [-0.05, 0) is 36.8 Å². The van der Waals surface area contributed by atoms with Gasteiger partial charge in [0.15, 0.2) is 0 Å². The van der Waals surface area contributed by atoms with Crippen LogP contribution in [0.3, 0.4) is 0 Å². The Morgan fingerprint density at radius 3 is 2.68 bits per heavy atom. The van der Waals surface area contributed by atoms with Crippen molar-refractivity contribution in [3.63, 3.8) is 0 Å². The predicted octanol–water partition coefficient (Wildman–Crippen LogP) is 1.91. The lowest BCUT2D eigenvalue weighted by molar-refractivity contribution is -0.255. The van der Waals surface area contributed by atoms with E-state index in [1.54, 1.807) is 37.3 Å². The van der Waals surface area contributed by atoms with Crippen LogP contribution >= 0.6 is 0 Å². The second-order valence-electron chi connectivity index (χ2n) is 5.13. The highest BCUT2D eigenvalue weighted by atomic mass is 16.5. The summed E-state index contributed by atoms with van der Waals surface area (Å²) >= 11 is 0. The number of esters is 1. The van der Waals surface area contributed by atoms with Crippen molar-refractivity contribution < 1.29 is 19.4 Å². The highest BCUT2D eigenvalue weighted by Crippen LogP contribution is 2.24. The number of aromatic nitrogens is 2. The Morgan fingerprint density at radius 2 is 1.92 bits per heavy atom. The standard InChI is InChI=1S/C18H15N3O4/c1-2-25-18(24)16-20-14-9-4-3-8-13(14)15(21-16)19-12-7-5-6-11(10-12)17(22)23/h3-10H,2H2,1H3,(H,22,23)(H,19,20,21)/p-1. The number of carbonyl (C=O) groups excluding carboxylic acids is 2. The zero-order valence-corrected chi connectivity index (χ0v) is 13.4. The number of rotatable bonds is 5. The number of anilines is 2. The Morgan fingerprint density at radius 1 is 1.12 bits per heavy atom. The zero-order chi connectivity index (χ0) is 17.8. The van der Waals surface area contributed by atoms with Crippen molar-refractivity contribution in [1.29, 1.82) is 0 Å². The van der Waals surface area contributed by atoms with Gasteiger partial charge in [0.05, 0.1) is 18.1 Å². The van der Waals surface area contributed by atoms with E-state index in [1.807, 2.05) is 6.07 Å². The molecule has 3 rings (SSSR count). The molecule has 126 valence electrons. The van der Waals surface area contributed by atoms with Crippen LogP contribution in [0.4, 0.5) is 11.5 Å². The number of para-hydroxylation sites is 1. The molecule has 0 saturated heterocycles. The van der Waals surface area contributed by atoms with Crippen LogP contribution in [0.25, 0.3) is 10.9 Å². The van der Waals surface area contributed by atoms with Gasteiger partial charge in [0, 0.05) is 11.1 Å². The molecule has 3 aromatic rings. The molecular weight excluding hydrogens is 322 g/mol. The molecule has 0 unspecified atom stereocenters. The molecule has 25 heavy (non-hydrogen) atoms. The van der Waals surface area contributed by atoms with Gasteiger partial charge in [-0.15, -0.1) is 0 Å². The number of aromatic carboxylic acids is 1. The third-order valence-corrected chi connectivity index (χ3v) is 3.42. The molecule has 0 radical (unpaired) electrons. The van der Waals surface area contributed by atoms with E-state index in [0.29, 0.717) is 22.4 Å². The van der Waals surface area contributed by atoms with E-state index in [2.05, 4.69) is 15.3 Å². The van der Waals surface area contributed by atoms with Crippen molar-refractivity contribution >= 4 is 34.3 Å². The van der Waals surface area contributed by atoms with Gasteiger partial charge in [0.2, 0.25) is 5.82 Å². The molecule has 0 atom stereocenters. The van der Waals surface area contributed by atoms with E-state index in [4.69, 9.17) is 4.74 Å². The summed E-state index contributed by atoms with van der Waals surface area (Å²) in [5.41, 5.74) is 1.11. The number of hydrogen-bond donors (Lipinski definition) is 1. The van der Waals surface area contributed by atoms with Gasteiger partial charge < -0.3 is 20.0 Å². The smallest absolute Gasteiger partial charge is 0.376 e. The molecule has 0 saturated carbocycles. The first-order chi connectivity index (χ1) is 12.1. The van der Waals surface area contributed by atoms with Crippen LogP contribution in [-0.4, -0.2) is 28.5 Å². The summed E-state index contributed by atoms with van der Waals surface area (Å²) in [7, 11) is 0. The topological polar surface area (TPSA) is 104 Å². The number of ether oxygens (including phenoxy) is 1. The third kappa shape index (κ3) is 3.55. The fraction of sp³-hybridized carbons (Fsp3) is 0.111. The third-order valence-electron chi connectivity index (χ3n) is 3.42. The van der Waals surface area contributed by atoms with Gasteiger partial charge in [-0.1, -0.05) is 24.3 Å². The molecule has 0 fully saturated rings. The molecule has 0 spiro atoms. The van der Waals surface area contributed by atoms with Crippen molar-refractivity contribution in [2.45, 2.75) is 6.92 Å². The maximum Gasteiger partial charge on any atom is 0.376 e. The predicted molar refractivity (Wildman–Crippen MR) is 89.5 cm³/mol. The number of fused-ring (bicyclic) bond motifs is 1. The Balaban J connectivity index is 2.06. The molecule has 7 nitrogen and oxygen atoms in total. The monoisotopic (exact) mass is 336 g/mol. The number of nitrogens with zero attached hydrogens (tertiary/aromatic N) is 2. The maximum atomic E-state index is 12.0. The second-order valence-corrected chi connectivity index (χ2v) is 5.13. The Kier molecular flexibility index (Phi) is 4.56. The Bertz CT molecular complexity index is 956. The molecule has 1 heterocycles. The fourth-order valence-corrected chi connectivity index (χ4v) is 2.32. The number of hydrogen-bond acceptors (Lipinski definition) is 7. The molecular formula is C18H14N3O4-. The molecule has 0 bridgehead atoms. The molecule has 0 aliphatic carbocycles. The van der Waals surface area contributed by atoms with E-state index >= 15 is 0 Å². The Hall–Kier alpha value is -3.48. The number of carbonyl (C=O) groups is 2. The molecule has 2 aromatic carbocycles. The van der Waals surface area contributed by atoms with Crippen LogP contribution in [0.15, 0.2) is 48.5 Å². The summed E-state index contributed by atoms with van der Waals surface area (Å²) in [4.78, 5) is 31.4. The lowest BCUT2D eigenvalue weighted by Crippen LogP contribution is -2.22. The summed E-state index contributed by atoms with van der Waals surface area (Å²) in [5.74, 6) is -1.59. The van der Waals surface area contributed by atoms with Gasteiger partial charge in [0.25, 0.3) is 0 Å². The maximum absolute atomic E-state index is 12.0. The molecule has 0 aliphatic rings. The van der Waals surface area contributed by atoms with Crippen LogP contribution in [0.1, 0.15) is 27.9 Å². The molecule has 0 amide bonds. The number of benzene rings is 2. The minimum Gasteiger partial charge on any atom is -0.545 e. The van der Waals surface area contributed by atoms with Crippen LogP contribution in [0.2, 0.25) is 0 Å². The first-order valence-corrected chi connectivity index (χ1v) is 7.61. The SMILES string of the molecule is CCOC(=O)c1nc(Nc2cccc(C(=O)[O-])c2)c2ccccc2n1. The first-order valence-electron chi connectivity index (χ1n) is 7.61. The van der Waals surface area contributed by atoms with Crippen molar-refractivity contribution in [3.05, 3.63) is 59.9 Å². The minimum atomic E-state index is -1.27. The molecule has 0 aliphatic heterocycles. The summed E-state index contributed by atoms with van der Waals surface area (Å²) in [6.45, 7) is 1.91. The highest BCUT2D eigenvalue weighted by Gasteiger charge is 2.15. The lowest BCUT2D eigenvalue weighted by Gasteiger charge is -2.12. The number of carboxylic acid groups (broad SMARTS) is 1. The quantitative estimate of drug-likeness (QED) is 0.710. The number of carboxylic acids is 1. The summed E-state index contributed by atoms with van der Waals surface area (Å²) < 4.78 is 4.95. The zero-order valence-electron chi connectivity index (χ0n) is 13.4. The van der Waals surface area contributed by atoms with Crippen molar-refractivity contribution in [2.75, 3.05) is 11.9 Å². The average Bonchev–Trinajstić information content (AvgIpc) is 2.62. The number of nitrogens with one attached hydrogen (secondary N) is 1. The lowest BCUT2D eigenvalue weighted by atomic mass is 10.2. The van der Waals surface area contributed by atoms with E-state index in [1.165, 1.54) is 12.1 Å². The summed E-state index contributed by atoms with van der Waals surface area (Å²) in [5, 5.41) is 14.7. The fourth-order valence-electron chi connectivity index (χ4n) is 2.32. The second kappa shape index (κ2) is 6.96. The average molecular weight is 336 g/mol. The van der Waals surface area contributed by atoms with Gasteiger partial charge in [-0.3, -0.25) is 0 Å². The minimum absolute atomic E-state index is 0.0361. The summed E-state index contributed by atoms with van der Waals surface area (Å²) in [6, 6.07) is 13.3. The van der Waals surface area contributed by atoms with E-state index in [0.717, 1.165) is 0 Å². The molecule has 1 N–H and O–H groups in total. The largest absolute Gasteiger partial charge is 0.545 e. The van der Waals surface area contributed by atoms with Crippen molar-refractivity contribution in [3.8, 4) is 0 Å². The van der Waals surface area contributed by atoms with Crippen molar-refractivity contribution in [2.24, 2.45) is 0 Å².